The van der Waals surface area contributed by atoms with E-state index in [1.807, 2.05) is 0 Å². The largest absolute Gasteiger partial charge is 0.480 e. The van der Waals surface area contributed by atoms with Gasteiger partial charge in [0, 0.05) is 6.07 Å². The van der Waals surface area contributed by atoms with E-state index < -0.39 is 52.6 Å². The summed E-state index contributed by atoms with van der Waals surface area (Å²) in [5, 5.41) is 22.1. The minimum Gasteiger partial charge on any atom is -0.480 e. The maximum absolute atomic E-state index is 12.8. The molecule has 0 atom stereocenters. The number of nitrogens with one attached hydrogen (secondary N) is 1. The summed E-state index contributed by atoms with van der Waals surface area (Å²) >= 11 is 0. The molecule has 32 heavy (non-hydrogen) atoms. The highest BCUT2D eigenvalue weighted by atomic mass is 19.4. The normalized spacial score (nSPS) is 15.1. The molecule has 1 aliphatic heterocycles. The molecule has 3 rings (SSSR count). The first kappa shape index (κ1) is 22.3. The Balaban J connectivity index is 1.79. The number of hydrogen-bond acceptors (Lipinski definition) is 6. The molecule has 1 aliphatic rings. The molecule has 0 unspecified atom stereocenters. The maximum Gasteiger partial charge on any atom is 0.416 e. The van der Waals surface area contributed by atoms with E-state index in [4.69, 9.17) is 9.84 Å². The number of alkyl halides is 3. The number of aliphatic carboxylic acids is 1. The lowest BCUT2D eigenvalue weighted by atomic mass is 10.1. The van der Waals surface area contributed by atoms with Crippen LogP contribution in [0.5, 0.6) is 11.5 Å². The van der Waals surface area contributed by atoms with Crippen molar-refractivity contribution in [2.45, 2.75) is 6.18 Å². The van der Waals surface area contributed by atoms with Crippen LogP contribution in [0.15, 0.2) is 48.2 Å². The number of benzene rings is 2. The van der Waals surface area contributed by atoms with E-state index in [1.54, 1.807) is 0 Å². The van der Waals surface area contributed by atoms with Crippen molar-refractivity contribution in [1.29, 1.82) is 0 Å². The summed E-state index contributed by atoms with van der Waals surface area (Å²) in [5.74, 6) is -2.55. The molecule has 10 nitrogen and oxygen atoms in total. The SMILES string of the molecule is O=C(O)CN1C(=O)N/C(=C/c2ccc(Oc3ccc(C(F)(F)F)cc3[N+](=O)[O-])cc2)C1=O. The molecule has 0 aliphatic carbocycles. The first-order valence-electron chi connectivity index (χ1n) is 8.65. The van der Waals surface area contributed by atoms with Crippen LogP contribution in [-0.4, -0.2) is 39.4 Å². The molecule has 0 bridgehead atoms. The number of halogens is 3. The number of ether oxygens (including phenoxy) is 1. The molecular formula is C19H12F3N3O7. The van der Waals surface area contributed by atoms with Gasteiger partial charge in [-0.05, 0) is 35.9 Å². The zero-order valence-corrected chi connectivity index (χ0v) is 15.8. The second-order valence-electron chi connectivity index (χ2n) is 6.38. The van der Waals surface area contributed by atoms with Crippen LogP contribution in [0.2, 0.25) is 0 Å². The number of amides is 3. The van der Waals surface area contributed by atoms with Gasteiger partial charge in [0.15, 0.2) is 0 Å². The molecule has 3 amide bonds. The topological polar surface area (TPSA) is 139 Å². The number of nitro benzene ring substituents is 1. The Labute approximate surface area is 176 Å². The van der Waals surface area contributed by atoms with E-state index in [2.05, 4.69) is 5.32 Å². The molecule has 2 N–H and O–H groups in total. The average molecular weight is 451 g/mol. The number of imide groups is 1. The van der Waals surface area contributed by atoms with Gasteiger partial charge in [-0.1, -0.05) is 12.1 Å². The molecule has 13 heteroatoms. The third kappa shape index (κ3) is 4.83. The van der Waals surface area contributed by atoms with Crippen molar-refractivity contribution in [3.63, 3.8) is 0 Å². The van der Waals surface area contributed by atoms with Crippen LogP contribution in [-0.2, 0) is 15.8 Å². The van der Waals surface area contributed by atoms with Crippen molar-refractivity contribution in [1.82, 2.24) is 10.2 Å². The number of carboxylic acids is 1. The average Bonchev–Trinajstić information content (AvgIpc) is 2.95. The summed E-state index contributed by atoms with van der Waals surface area (Å²) < 4.78 is 43.7. The summed E-state index contributed by atoms with van der Waals surface area (Å²) in [5.41, 5.74) is -1.84. The fourth-order valence-corrected chi connectivity index (χ4v) is 2.70. The van der Waals surface area contributed by atoms with Crippen LogP contribution < -0.4 is 10.1 Å². The van der Waals surface area contributed by atoms with Crippen LogP contribution >= 0.6 is 0 Å². The quantitative estimate of drug-likeness (QED) is 0.297. The van der Waals surface area contributed by atoms with E-state index in [0.29, 0.717) is 22.6 Å². The second-order valence-corrected chi connectivity index (χ2v) is 6.38. The van der Waals surface area contributed by atoms with E-state index >= 15 is 0 Å². The highest BCUT2D eigenvalue weighted by Crippen LogP contribution is 2.37. The number of nitro groups is 1. The summed E-state index contributed by atoms with van der Waals surface area (Å²) in [6, 6.07) is 6.46. The van der Waals surface area contributed by atoms with Crippen molar-refractivity contribution in [2.24, 2.45) is 0 Å². The number of nitrogens with zero attached hydrogens (tertiary/aromatic N) is 2. The minimum absolute atomic E-state index is 0.0595. The van der Waals surface area contributed by atoms with Gasteiger partial charge < -0.3 is 15.2 Å². The first-order valence-corrected chi connectivity index (χ1v) is 8.65. The predicted molar refractivity (Wildman–Crippen MR) is 100 cm³/mol. The van der Waals surface area contributed by atoms with Gasteiger partial charge in [-0.15, -0.1) is 0 Å². The van der Waals surface area contributed by atoms with E-state index in [-0.39, 0.29) is 11.4 Å². The number of rotatable bonds is 6. The number of hydrogen-bond donors (Lipinski definition) is 2. The molecule has 2 aromatic rings. The van der Waals surface area contributed by atoms with Crippen molar-refractivity contribution in [2.75, 3.05) is 6.54 Å². The Morgan fingerprint density at radius 1 is 1.19 bits per heavy atom. The van der Waals surface area contributed by atoms with Crippen LogP contribution in [0.1, 0.15) is 11.1 Å². The predicted octanol–water partition coefficient (Wildman–Crippen LogP) is 3.38. The molecule has 0 radical (unpaired) electrons. The molecule has 1 saturated heterocycles. The van der Waals surface area contributed by atoms with Gasteiger partial charge in [-0.3, -0.25) is 19.7 Å². The van der Waals surface area contributed by atoms with Crippen molar-refractivity contribution in [3.8, 4) is 11.5 Å². The summed E-state index contributed by atoms with van der Waals surface area (Å²) in [6.45, 7) is -0.805. The number of urea groups is 1. The third-order valence-corrected chi connectivity index (χ3v) is 4.16. The van der Waals surface area contributed by atoms with Crippen LogP contribution in [0.4, 0.5) is 23.7 Å². The molecule has 1 heterocycles. The standard InChI is InChI=1S/C19H12F3N3O7/c20-19(21,22)11-3-6-15(14(8-11)25(30)31)32-12-4-1-10(2-5-12)7-13-17(28)24(9-16(26)27)18(29)23-13/h1-8H,9H2,(H,23,29)(H,26,27)/b13-7+. The molecular weight excluding hydrogens is 439 g/mol. The summed E-state index contributed by atoms with van der Waals surface area (Å²) in [4.78, 5) is 45.2. The lowest BCUT2D eigenvalue weighted by molar-refractivity contribution is -0.385. The number of carbonyl (C=O) groups excluding carboxylic acids is 2. The highest BCUT2D eigenvalue weighted by molar-refractivity contribution is 6.15. The Morgan fingerprint density at radius 3 is 2.41 bits per heavy atom. The fourth-order valence-electron chi connectivity index (χ4n) is 2.70. The van der Waals surface area contributed by atoms with Gasteiger partial charge in [0.05, 0.1) is 10.5 Å². The summed E-state index contributed by atoms with van der Waals surface area (Å²) in [7, 11) is 0. The Hall–Kier alpha value is -4.42. The smallest absolute Gasteiger partial charge is 0.416 e. The van der Waals surface area contributed by atoms with Gasteiger partial charge in [-0.2, -0.15) is 13.2 Å². The number of carboxylic acid groups (broad SMARTS) is 1. The van der Waals surface area contributed by atoms with Crippen molar-refractivity contribution < 1.29 is 42.3 Å². The lowest BCUT2D eigenvalue weighted by Crippen LogP contribution is -2.35. The van der Waals surface area contributed by atoms with E-state index in [9.17, 15) is 37.7 Å². The van der Waals surface area contributed by atoms with Crippen LogP contribution in [0.25, 0.3) is 6.08 Å². The van der Waals surface area contributed by atoms with Gasteiger partial charge >= 0.3 is 23.9 Å². The highest BCUT2D eigenvalue weighted by Gasteiger charge is 2.35. The van der Waals surface area contributed by atoms with Crippen LogP contribution in [0, 0.1) is 10.1 Å². The Morgan fingerprint density at radius 2 is 1.84 bits per heavy atom. The summed E-state index contributed by atoms with van der Waals surface area (Å²) in [6.07, 6.45) is -3.49. The molecule has 1 fully saturated rings. The monoisotopic (exact) mass is 451 g/mol. The van der Waals surface area contributed by atoms with E-state index in [0.717, 1.165) is 6.07 Å². The second kappa shape index (κ2) is 8.37. The molecule has 0 spiro atoms. The maximum atomic E-state index is 12.8. The van der Waals surface area contributed by atoms with Gasteiger partial charge in [0.25, 0.3) is 5.91 Å². The zero-order chi connectivity index (χ0) is 23.6. The van der Waals surface area contributed by atoms with Gasteiger partial charge in [-0.25, -0.2) is 9.69 Å². The zero-order valence-electron chi connectivity index (χ0n) is 15.8. The number of carbonyl (C=O) groups is 3. The van der Waals surface area contributed by atoms with Gasteiger partial charge in [0.2, 0.25) is 5.75 Å². The molecule has 0 aromatic heterocycles. The lowest BCUT2D eigenvalue weighted by Gasteiger charge is -2.10. The first-order chi connectivity index (χ1) is 15.0. The minimum atomic E-state index is -4.76. The van der Waals surface area contributed by atoms with E-state index in [1.165, 1.54) is 30.3 Å². The fraction of sp³-hybridized carbons (Fsp3) is 0.105. The molecule has 0 saturated carbocycles. The molecule has 2 aromatic carbocycles. The van der Waals surface area contributed by atoms with Crippen LogP contribution in [0.3, 0.4) is 0 Å². The third-order valence-electron chi connectivity index (χ3n) is 4.16. The van der Waals surface area contributed by atoms with Crippen molar-refractivity contribution >= 4 is 29.7 Å². The van der Waals surface area contributed by atoms with Gasteiger partial charge in [0.1, 0.15) is 18.0 Å². The molecule has 166 valence electrons. The van der Waals surface area contributed by atoms with Crippen molar-refractivity contribution in [3.05, 3.63) is 69.4 Å². The Kier molecular flexibility index (Phi) is 5.83. The Bertz CT molecular complexity index is 1140.